The maximum Gasteiger partial charge on any atom is 0.171 e. The third kappa shape index (κ3) is 1.65. The van der Waals surface area contributed by atoms with Gasteiger partial charge in [-0.05, 0) is 48.4 Å². The zero-order chi connectivity index (χ0) is 15.4. The number of hydrogen-bond acceptors (Lipinski definition) is 1. The number of benzene rings is 2. The summed E-state index contributed by atoms with van der Waals surface area (Å²) in [5.74, 6) is 0.467. The van der Waals surface area contributed by atoms with Crippen LogP contribution in [0.4, 0.5) is 0 Å². The topological polar surface area (TPSA) is 17.1 Å². The van der Waals surface area contributed by atoms with Crippen molar-refractivity contribution >= 4 is 22.1 Å². The molecule has 1 heteroatoms. The van der Waals surface area contributed by atoms with E-state index in [-0.39, 0.29) is 11.3 Å². The van der Waals surface area contributed by atoms with Crippen molar-refractivity contribution in [3.8, 4) is 0 Å². The van der Waals surface area contributed by atoms with E-state index < -0.39 is 0 Å². The minimum Gasteiger partial charge on any atom is -0.293 e. The summed E-state index contributed by atoms with van der Waals surface area (Å²) in [4.78, 5) is 13.3. The first-order chi connectivity index (χ1) is 11.3. The van der Waals surface area contributed by atoms with Crippen LogP contribution in [0.25, 0.3) is 16.3 Å². The highest BCUT2D eigenvalue weighted by Gasteiger charge is 2.54. The number of ketones is 1. The van der Waals surface area contributed by atoms with E-state index in [4.69, 9.17) is 0 Å². The van der Waals surface area contributed by atoms with Crippen molar-refractivity contribution in [2.45, 2.75) is 32.1 Å². The van der Waals surface area contributed by atoms with Crippen LogP contribution < -0.4 is 0 Å². The smallest absolute Gasteiger partial charge is 0.171 e. The van der Waals surface area contributed by atoms with Gasteiger partial charge < -0.3 is 0 Å². The van der Waals surface area contributed by atoms with Crippen molar-refractivity contribution in [2.75, 3.05) is 0 Å². The van der Waals surface area contributed by atoms with Crippen LogP contribution in [-0.4, -0.2) is 5.78 Å². The molecule has 1 spiro atoms. The highest BCUT2D eigenvalue weighted by molar-refractivity contribution is 6.29. The number of allylic oxidation sites excluding steroid dienone is 4. The molecule has 3 aliphatic carbocycles. The Balaban J connectivity index is 1.80. The number of carbonyl (C=O) groups excluding carboxylic acids is 1. The predicted molar refractivity (Wildman–Crippen MR) is 94.0 cm³/mol. The highest BCUT2D eigenvalue weighted by atomic mass is 16.1. The van der Waals surface area contributed by atoms with Crippen LogP contribution in [0.3, 0.4) is 0 Å². The minimum absolute atomic E-state index is 0.0997. The molecular formula is C22H20O. The largest absolute Gasteiger partial charge is 0.293 e. The van der Waals surface area contributed by atoms with Crippen molar-refractivity contribution in [2.24, 2.45) is 11.3 Å². The lowest BCUT2D eigenvalue weighted by Gasteiger charge is -2.34. The van der Waals surface area contributed by atoms with Gasteiger partial charge in [0.2, 0.25) is 0 Å². The maximum absolute atomic E-state index is 13.3. The van der Waals surface area contributed by atoms with Gasteiger partial charge in [-0.25, -0.2) is 0 Å². The molecule has 0 heterocycles. The Bertz CT molecular complexity index is 880. The van der Waals surface area contributed by atoms with Crippen LogP contribution in [0, 0.1) is 11.3 Å². The Hall–Kier alpha value is -2.15. The quantitative estimate of drug-likeness (QED) is 0.652. The zero-order valence-electron chi connectivity index (χ0n) is 13.2. The molecule has 1 nitrogen and oxygen atoms in total. The van der Waals surface area contributed by atoms with Crippen LogP contribution >= 0.6 is 0 Å². The maximum atomic E-state index is 13.3. The molecule has 1 saturated carbocycles. The van der Waals surface area contributed by atoms with Gasteiger partial charge in [0.05, 0.1) is 0 Å². The van der Waals surface area contributed by atoms with Crippen molar-refractivity contribution in [1.82, 2.24) is 0 Å². The molecule has 114 valence electrons. The van der Waals surface area contributed by atoms with Crippen LogP contribution in [0.15, 0.2) is 60.2 Å². The second-order valence-electron chi connectivity index (χ2n) is 7.20. The summed E-state index contributed by atoms with van der Waals surface area (Å²) in [5, 5.41) is 2.44. The van der Waals surface area contributed by atoms with Crippen LogP contribution in [0.2, 0.25) is 0 Å². The van der Waals surface area contributed by atoms with Gasteiger partial charge in [0, 0.05) is 16.9 Å². The van der Waals surface area contributed by atoms with E-state index in [9.17, 15) is 4.79 Å². The third-order valence-corrected chi connectivity index (χ3v) is 6.22. The molecule has 0 amide bonds. The standard InChI is InChI=1S/C22H20O/c23-21-19-11-3-4-13-22(19)14-6-12-18(22)20(21)17-10-5-8-15-7-1-2-9-16(15)17/h1-3,5,7-11,19H,4,6,12-14H2/t19-,22+/m1/s1. The van der Waals surface area contributed by atoms with E-state index in [2.05, 4.69) is 54.6 Å². The van der Waals surface area contributed by atoms with Gasteiger partial charge in [0.15, 0.2) is 5.78 Å². The molecule has 0 radical (unpaired) electrons. The molecule has 23 heavy (non-hydrogen) atoms. The minimum atomic E-state index is 0.0997. The highest BCUT2D eigenvalue weighted by Crippen LogP contribution is 2.61. The van der Waals surface area contributed by atoms with E-state index >= 15 is 0 Å². The van der Waals surface area contributed by atoms with Gasteiger partial charge in [0.25, 0.3) is 0 Å². The molecule has 1 fully saturated rings. The molecule has 2 atom stereocenters. The molecule has 2 aromatic carbocycles. The normalized spacial score (nSPS) is 29.2. The SMILES string of the molecule is O=C1C(c2cccc3ccccc23)=C2CCC[C@@]23CCC=C[C@H]13. The lowest BCUT2D eigenvalue weighted by molar-refractivity contribution is -0.117. The fourth-order valence-electron chi connectivity index (χ4n) is 5.27. The van der Waals surface area contributed by atoms with Crippen molar-refractivity contribution < 1.29 is 4.79 Å². The van der Waals surface area contributed by atoms with Crippen molar-refractivity contribution in [1.29, 1.82) is 0 Å². The summed E-state index contributed by atoms with van der Waals surface area (Å²) in [6.07, 6.45) is 10.2. The van der Waals surface area contributed by atoms with Crippen LogP contribution in [0.5, 0.6) is 0 Å². The lowest BCUT2D eigenvalue weighted by Crippen LogP contribution is -2.29. The molecule has 0 N–H and O–H groups in total. The Morgan fingerprint density at radius 3 is 2.83 bits per heavy atom. The van der Waals surface area contributed by atoms with Crippen LogP contribution in [-0.2, 0) is 4.79 Å². The summed E-state index contributed by atoms with van der Waals surface area (Å²) in [7, 11) is 0. The molecule has 0 saturated heterocycles. The Kier molecular flexibility index (Phi) is 2.70. The third-order valence-electron chi connectivity index (χ3n) is 6.22. The summed E-state index contributed by atoms with van der Waals surface area (Å²) in [5.41, 5.74) is 3.83. The van der Waals surface area contributed by atoms with Crippen molar-refractivity contribution in [3.05, 3.63) is 65.8 Å². The van der Waals surface area contributed by atoms with E-state index in [0.29, 0.717) is 5.78 Å². The van der Waals surface area contributed by atoms with Gasteiger partial charge in [-0.15, -0.1) is 0 Å². The number of hydrogen-bond donors (Lipinski definition) is 0. The molecular weight excluding hydrogens is 280 g/mol. The summed E-state index contributed by atoms with van der Waals surface area (Å²) in [6.45, 7) is 0. The second-order valence-corrected chi connectivity index (χ2v) is 7.20. The molecule has 0 unspecified atom stereocenters. The Morgan fingerprint density at radius 1 is 1.00 bits per heavy atom. The Morgan fingerprint density at radius 2 is 1.87 bits per heavy atom. The number of carbonyl (C=O) groups is 1. The van der Waals surface area contributed by atoms with Crippen LogP contribution in [0.1, 0.15) is 37.7 Å². The zero-order valence-corrected chi connectivity index (χ0v) is 13.2. The number of rotatable bonds is 1. The molecule has 0 aromatic heterocycles. The van der Waals surface area contributed by atoms with E-state index in [1.807, 2.05) is 0 Å². The lowest BCUT2D eigenvalue weighted by atomic mass is 9.69. The van der Waals surface area contributed by atoms with E-state index in [1.165, 1.54) is 29.2 Å². The molecule has 3 aliphatic rings. The van der Waals surface area contributed by atoms with Gasteiger partial charge in [-0.3, -0.25) is 4.79 Å². The van der Waals surface area contributed by atoms with Gasteiger partial charge in [-0.2, -0.15) is 0 Å². The number of fused-ring (bicyclic) bond motifs is 1. The van der Waals surface area contributed by atoms with E-state index in [1.54, 1.807) is 0 Å². The predicted octanol–water partition coefficient (Wildman–Crippen LogP) is 5.31. The molecule has 0 bridgehead atoms. The average Bonchev–Trinajstić information content (AvgIpc) is 3.08. The molecule has 2 aromatic rings. The summed E-state index contributed by atoms with van der Waals surface area (Å²) >= 11 is 0. The number of Topliss-reactive ketones (excluding diaryl/α,β-unsaturated/α-hetero) is 1. The van der Waals surface area contributed by atoms with Gasteiger partial charge in [0.1, 0.15) is 0 Å². The van der Waals surface area contributed by atoms with Gasteiger partial charge in [-0.1, -0.05) is 60.2 Å². The van der Waals surface area contributed by atoms with E-state index in [0.717, 1.165) is 30.4 Å². The average molecular weight is 300 g/mol. The molecule has 5 rings (SSSR count). The first-order valence-corrected chi connectivity index (χ1v) is 8.74. The monoisotopic (exact) mass is 300 g/mol. The summed E-state index contributed by atoms with van der Waals surface area (Å²) in [6, 6.07) is 14.8. The second kappa shape index (κ2) is 4.67. The fourth-order valence-corrected chi connectivity index (χ4v) is 5.27. The van der Waals surface area contributed by atoms with Crippen molar-refractivity contribution in [3.63, 3.8) is 0 Å². The first kappa shape index (κ1) is 13.3. The Labute approximate surface area is 136 Å². The summed E-state index contributed by atoms with van der Waals surface area (Å²) < 4.78 is 0. The van der Waals surface area contributed by atoms with Gasteiger partial charge >= 0.3 is 0 Å². The fraction of sp³-hybridized carbons (Fsp3) is 0.318. The molecule has 0 aliphatic heterocycles. The first-order valence-electron chi connectivity index (χ1n) is 8.74.